The van der Waals surface area contributed by atoms with E-state index in [1.54, 1.807) is 0 Å². The lowest BCUT2D eigenvalue weighted by molar-refractivity contribution is 0.0679. The highest BCUT2D eigenvalue weighted by Crippen LogP contribution is 2.22. The van der Waals surface area contributed by atoms with Gasteiger partial charge in [-0.25, -0.2) is 9.59 Å². The molecule has 0 heterocycles. The smallest absolute Gasteiger partial charge is 0.335 e. The van der Waals surface area contributed by atoms with Crippen LogP contribution in [0.15, 0.2) is 12.1 Å². The molecule has 4 nitrogen and oxygen atoms in total. The third kappa shape index (κ3) is 2.64. The molecule has 0 amide bonds. The van der Waals surface area contributed by atoms with Crippen LogP contribution < -0.4 is 0 Å². The predicted octanol–water partition coefficient (Wildman–Crippen LogP) is 2.60. The van der Waals surface area contributed by atoms with Gasteiger partial charge in [-0.15, -0.1) is 0 Å². The van der Waals surface area contributed by atoms with Crippen LogP contribution in [0, 0.1) is 0 Å². The average molecular weight is 236 g/mol. The summed E-state index contributed by atoms with van der Waals surface area (Å²) in [5.74, 6) is -2.00. The first-order chi connectivity index (χ1) is 8.02. The molecule has 1 aromatic rings. The van der Waals surface area contributed by atoms with Crippen molar-refractivity contribution in [1.29, 1.82) is 0 Å². The van der Waals surface area contributed by atoms with Gasteiger partial charge in [0, 0.05) is 0 Å². The number of carboxylic acids is 2. The molecular weight excluding hydrogens is 220 g/mol. The van der Waals surface area contributed by atoms with Crippen molar-refractivity contribution in [2.24, 2.45) is 0 Å². The molecule has 0 bridgehead atoms. The third-order valence-corrected chi connectivity index (χ3v) is 2.75. The van der Waals surface area contributed by atoms with Crippen LogP contribution in [0.5, 0.6) is 0 Å². The lowest BCUT2D eigenvalue weighted by atomic mass is 9.91. The molecule has 2 N–H and O–H groups in total. The molecule has 1 rings (SSSR count). The minimum Gasteiger partial charge on any atom is -0.478 e. The van der Waals surface area contributed by atoms with E-state index in [0.717, 1.165) is 6.42 Å². The molecule has 0 unspecified atom stereocenters. The second-order valence-corrected chi connectivity index (χ2v) is 3.83. The van der Waals surface area contributed by atoms with E-state index in [0.29, 0.717) is 24.0 Å². The van der Waals surface area contributed by atoms with Gasteiger partial charge in [-0.3, -0.25) is 0 Å². The van der Waals surface area contributed by atoms with E-state index < -0.39 is 11.9 Å². The van der Waals surface area contributed by atoms with E-state index in [9.17, 15) is 9.59 Å². The predicted molar refractivity (Wildman–Crippen MR) is 63.7 cm³/mol. The van der Waals surface area contributed by atoms with Crippen molar-refractivity contribution in [2.75, 3.05) is 0 Å². The zero-order chi connectivity index (χ0) is 13.0. The highest BCUT2D eigenvalue weighted by atomic mass is 16.4. The van der Waals surface area contributed by atoms with E-state index in [-0.39, 0.29) is 11.1 Å². The zero-order valence-electron chi connectivity index (χ0n) is 9.99. The van der Waals surface area contributed by atoms with E-state index in [4.69, 9.17) is 10.2 Å². The highest BCUT2D eigenvalue weighted by Gasteiger charge is 2.18. The van der Waals surface area contributed by atoms with Crippen LogP contribution in [0.25, 0.3) is 0 Å². The molecular formula is C13H16O4. The summed E-state index contributed by atoms with van der Waals surface area (Å²) in [5.41, 5.74) is 1.72. The molecule has 0 fully saturated rings. The fourth-order valence-electron chi connectivity index (χ4n) is 2.03. The number of carboxylic acid groups (broad SMARTS) is 2. The summed E-state index contributed by atoms with van der Waals surface area (Å²) in [6.07, 6.45) is 1.90. The van der Waals surface area contributed by atoms with E-state index in [1.807, 2.05) is 13.8 Å². The first-order valence-corrected chi connectivity index (χ1v) is 5.64. The van der Waals surface area contributed by atoms with Crippen LogP contribution in [0.2, 0.25) is 0 Å². The van der Waals surface area contributed by atoms with Gasteiger partial charge in [-0.1, -0.05) is 20.3 Å². The molecule has 0 atom stereocenters. The van der Waals surface area contributed by atoms with Gasteiger partial charge in [0.1, 0.15) is 0 Å². The highest BCUT2D eigenvalue weighted by molar-refractivity contribution is 5.95. The lowest BCUT2D eigenvalue weighted by Crippen LogP contribution is -2.11. The summed E-state index contributed by atoms with van der Waals surface area (Å²) in [6.45, 7) is 3.78. The number of rotatable bonds is 5. The van der Waals surface area contributed by atoms with Crippen molar-refractivity contribution in [2.45, 2.75) is 33.1 Å². The first-order valence-electron chi connectivity index (χ1n) is 5.64. The number of hydrogen-bond donors (Lipinski definition) is 2. The molecule has 1 aromatic carbocycles. The van der Waals surface area contributed by atoms with Gasteiger partial charge in [0.25, 0.3) is 0 Å². The molecule has 0 radical (unpaired) electrons. The van der Waals surface area contributed by atoms with Crippen LogP contribution in [0.3, 0.4) is 0 Å². The fourth-order valence-corrected chi connectivity index (χ4v) is 2.03. The van der Waals surface area contributed by atoms with Gasteiger partial charge in [-0.05, 0) is 36.1 Å². The minimum absolute atomic E-state index is 0.209. The van der Waals surface area contributed by atoms with Crippen LogP contribution >= 0.6 is 0 Å². The Morgan fingerprint density at radius 3 is 1.82 bits per heavy atom. The summed E-state index contributed by atoms with van der Waals surface area (Å²) in [6, 6.07) is 2.76. The molecule has 4 heteroatoms. The number of benzene rings is 1. The van der Waals surface area contributed by atoms with Crippen molar-refractivity contribution in [3.63, 3.8) is 0 Å². The third-order valence-electron chi connectivity index (χ3n) is 2.75. The maximum Gasteiger partial charge on any atom is 0.335 e. The molecule has 92 valence electrons. The van der Waals surface area contributed by atoms with Crippen LogP contribution in [0.1, 0.15) is 52.1 Å². The monoisotopic (exact) mass is 236 g/mol. The molecule has 0 aromatic heterocycles. The Morgan fingerprint density at radius 1 is 1.00 bits per heavy atom. The number of hydrogen-bond acceptors (Lipinski definition) is 2. The SMILES string of the molecule is CCCc1c(C(=O)O)ccc(C(=O)O)c1CC. The minimum atomic E-state index is -1.00. The Bertz CT molecular complexity index is 449. The first kappa shape index (κ1) is 13.2. The van der Waals surface area contributed by atoms with Gasteiger partial charge in [0.05, 0.1) is 11.1 Å². The van der Waals surface area contributed by atoms with Gasteiger partial charge in [0.15, 0.2) is 0 Å². The van der Waals surface area contributed by atoms with Crippen molar-refractivity contribution < 1.29 is 19.8 Å². The van der Waals surface area contributed by atoms with Crippen molar-refractivity contribution in [3.05, 3.63) is 34.4 Å². The maximum atomic E-state index is 11.1. The lowest BCUT2D eigenvalue weighted by Gasteiger charge is -2.13. The molecule has 0 aliphatic carbocycles. The van der Waals surface area contributed by atoms with Gasteiger partial charge < -0.3 is 10.2 Å². The maximum absolute atomic E-state index is 11.1. The summed E-state index contributed by atoms with van der Waals surface area (Å²) >= 11 is 0. The molecule has 0 aliphatic heterocycles. The van der Waals surface area contributed by atoms with Crippen molar-refractivity contribution >= 4 is 11.9 Å². The fraction of sp³-hybridized carbons (Fsp3) is 0.385. The van der Waals surface area contributed by atoms with Crippen molar-refractivity contribution in [3.8, 4) is 0 Å². The Balaban J connectivity index is 3.49. The standard InChI is InChI=1S/C13H16O4/c1-3-5-9-8(4-2)10(12(14)15)6-7-11(9)13(16)17/h6-7H,3-5H2,1-2H3,(H,14,15)(H,16,17). The normalized spacial score (nSPS) is 10.2. The summed E-state index contributed by atoms with van der Waals surface area (Å²) in [5, 5.41) is 18.2. The van der Waals surface area contributed by atoms with Gasteiger partial charge in [0.2, 0.25) is 0 Å². The quantitative estimate of drug-likeness (QED) is 0.824. The Labute approximate surface area is 99.9 Å². The van der Waals surface area contributed by atoms with Crippen molar-refractivity contribution in [1.82, 2.24) is 0 Å². The Kier molecular flexibility index (Phi) is 4.26. The zero-order valence-corrected chi connectivity index (χ0v) is 9.99. The number of carbonyl (C=O) groups is 2. The summed E-state index contributed by atoms with van der Waals surface area (Å²) in [4.78, 5) is 22.2. The molecule has 0 aliphatic rings. The second-order valence-electron chi connectivity index (χ2n) is 3.83. The average Bonchev–Trinajstić information content (AvgIpc) is 2.28. The van der Waals surface area contributed by atoms with Crippen LogP contribution in [-0.4, -0.2) is 22.2 Å². The van der Waals surface area contributed by atoms with Gasteiger partial charge >= 0.3 is 11.9 Å². The summed E-state index contributed by atoms with van der Waals surface area (Å²) in [7, 11) is 0. The topological polar surface area (TPSA) is 74.6 Å². The van der Waals surface area contributed by atoms with E-state index in [1.165, 1.54) is 12.1 Å². The molecule has 0 saturated carbocycles. The second kappa shape index (κ2) is 5.48. The van der Waals surface area contributed by atoms with E-state index in [2.05, 4.69) is 0 Å². The Morgan fingerprint density at radius 2 is 1.47 bits per heavy atom. The molecule has 17 heavy (non-hydrogen) atoms. The molecule has 0 saturated heterocycles. The largest absolute Gasteiger partial charge is 0.478 e. The molecule has 0 spiro atoms. The summed E-state index contributed by atoms with van der Waals surface area (Å²) < 4.78 is 0. The van der Waals surface area contributed by atoms with E-state index >= 15 is 0 Å². The van der Waals surface area contributed by atoms with Crippen LogP contribution in [-0.2, 0) is 12.8 Å². The van der Waals surface area contributed by atoms with Crippen LogP contribution in [0.4, 0.5) is 0 Å². The van der Waals surface area contributed by atoms with Gasteiger partial charge in [-0.2, -0.15) is 0 Å². The number of aromatic carboxylic acids is 2. The Hall–Kier alpha value is -1.84.